The lowest BCUT2D eigenvalue weighted by Crippen LogP contribution is -2.20. The van der Waals surface area contributed by atoms with Gasteiger partial charge in [-0.2, -0.15) is 0 Å². The van der Waals surface area contributed by atoms with Gasteiger partial charge in [-0.15, -0.1) is 0 Å². The van der Waals surface area contributed by atoms with Crippen LogP contribution in [0.3, 0.4) is 0 Å². The van der Waals surface area contributed by atoms with Crippen LogP contribution in [0.5, 0.6) is 11.5 Å². The number of carbonyl (C=O) groups excluding carboxylic acids is 1. The number of halogens is 1. The van der Waals surface area contributed by atoms with Crippen molar-refractivity contribution >= 4 is 11.8 Å². The zero-order valence-electron chi connectivity index (χ0n) is 13.4. The van der Waals surface area contributed by atoms with Gasteiger partial charge in [-0.25, -0.2) is 4.39 Å². The van der Waals surface area contributed by atoms with Gasteiger partial charge in [0.05, 0.1) is 7.11 Å². The molecule has 25 heavy (non-hydrogen) atoms. The third kappa shape index (κ3) is 4.14. The SMILES string of the molecule is COc1ccccc1OCC(=O)Nc1cc(-c2ccc(F)cc2)no1. The van der Waals surface area contributed by atoms with Crippen LogP contribution in [0.2, 0.25) is 0 Å². The number of nitrogens with one attached hydrogen (secondary N) is 1. The molecule has 1 aromatic heterocycles. The molecule has 0 fully saturated rings. The number of para-hydroxylation sites is 2. The molecule has 0 atom stereocenters. The van der Waals surface area contributed by atoms with E-state index in [1.165, 1.54) is 19.2 Å². The molecule has 3 rings (SSSR count). The van der Waals surface area contributed by atoms with E-state index in [1.807, 2.05) is 0 Å². The van der Waals surface area contributed by atoms with Gasteiger partial charge in [0.15, 0.2) is 18.1 Å². The van der Waals surface area contributed by atoms with E-state index < -0.39 is 5.91 Å². The molecule has 0 unspecified atom stereocenters. The summed E-state index contributed by atoms with van der Waals surface area (Å²) in [6.07, 6.45) is 0. The highest BCUT2D eigenvalue weighted by atomic mass is 19.1. The standard InChI is InChI=1S/C18H15FN2O4/c1-23-15-4-2-3-5-16(15)24-11-17(22)20-18-10-14(21-25-18)12-6-8-13(19)9-7-12/h2-10H,11H2,1H3,(H,20,22). The molecule has 1 heterocycles. The maximum Gasteiger partial charge on any atom is 0.264 e. The maximum atomic E-state index is 12.9. The first-order chi connectivity index (χ1) is 12.2. The minimum atomic E-state index is -0.410. The summed E-state index contributed by atoms with van der Waals surface area (Å²) in [6.45, 7) is -0.215. The average molecular weight is 342 g/mol. The van der Waals surface area contributed by atoms with E-state index in [0.717, 1.165) is 0 Å². The topological polar surface area (TPSA) is 73.6 Å². The van der Waals surface area contributed by atoms with Crippen molar-refractivity contribution < 1.29 is 23.2 Å². The van der Waals surface area contributed by atoms with Gasteiger partial charge in [0.2, 0.25) is 5.88 Å². The van der Waals surface area contributed by atoms with Crippen LogP contribution in [0, 0.1) is 5.82 Å². The van der Waals surface area contributed by atoms with E-state index in [-0.39, 0.29) is 18.3 Å². The molecular formula is C18H15FN2O4. The van der Waals surface area contributed by atoms with Gasteiger partial charge in [-0.3, -0.25) is 10.1 Å². The van der Waals surface area contributed by atoms with Crippen molar-refractivity contribution in [3.63, 3.8) is 0 Å². The molecule has 0 aliphatic rings. The van der Waals surface area contributed by atoms with Crippen LogP contribution in [-0.4, -0.2) is 24.8 Å². The van der Waals surface area contributed by atoms with Gasteiger partial charge in [0.1, 0.15) is 11.5 Å². The lowest BCUT2D eigenvalue weighted by molar-refractivity contribution is -0.118. The second-order valence-corrected chi connectivity index (χ2v) is 5.07. The summed E-state index contributed by atoms with van der Waals surface area (Å²) in [4.78, 5) is 12.0. The van der Waals surface area contributed by atoms with E-state index in [9.17, 15) is 9.18 Å². The average Bonchev–Trinajstić information content (AvgIpc) is 3.09. The molecule has 0 saturated heterocycles. The van der Waals surface area contributed by atoms with Gasteiger partial charge in [-0.1, -0.05) is 17.3 Å². The third-order valence-corrected chi connectivity index (χ3v) is 3.34. The number of nitrogens with zero attached hydrogens (tertiary/aromatic N) is 1. The predicted molar refractivity (Wildman–Crippen MR) is 89.0 cm³/mol. The number of benzene rings is 2. The minimum absolute atomic E-state index is 0.174. The first kappa shape index (κ1) is 16.5. The maximum absolute atomic E-state index is 12.9. The van der Waals surface area contributed by atoms with Crippen LogP contribution in [-0.2, 0) is 4.79 Å². The molecule has 128 valence electrons. The predicted octanol–water partition coefficient (Wildman–Crippen LogP) is 3.51. The van der Waals surface area contributed by atoms with E-state index in [0.29, 0.717) is 22.8 Å². The van der Waals surface area contributed by atoms with Crippen molar-refractivity contribution in [2.75, 3.05) is 19.0 Å². The summed E-state index contributed by atoms with van der Waals surface area (Å²) in [7, 11) is 1.52. The Labute approximate surface area is 143 Å². The Balaban J connectivity index is 1.59. The third-order valence-electron chi connectivity index (χ3n) is 3.34. The second kappa shape index (κ2) is 7.48. The van der Waals surface area contributed by atoms with Gasteiger partial charge in [-0.05, 0) is 36.4 Å². The normalized spacial score (nSPS) is 10.3. The Morgan fingerprint density at radius 1 is 1.16 bits per heavy atom. The van der Waals surface area contributed by atoms with Crippen molar-refractivity contribution in [3.05, 3.63) is 60.4 Å². The molecule has 3 aromatic rings. The van der Waals surface area contributed by atoms with Crippen molar-refractivity contribution in [1.29, 1.82) is 0 Å². The molecule has 0 spiro atoms. The number of carbonyl (C=O) groups is 1. The highest BCUT2D eigenvalue weighted by Gasteiger charge is 2.11. The van der Waals surface area contributed by atoms with Crippen LogP contribution in [0.15, 0.2) is 59.1 Å². The Bertz CT molecular complexity index is 862. The summed E-state index contributed by atoms with van der Waals surface area (Å²) in [5.74, 6) is 0.424. The number of aromatic nitrogens is 1. The van der Waals surface area contributed by atoms with Gasteiger partial charge in [0, 0.05) is 11.6 Å². The van der Waals surface area contributed by atoms with Crippen LogP contribution in [0.1, 0.15) is 0 Å². The van der Waals surface area contributed by atoms with Crippen molar-refractivity contribution in [3.8, 4) is 22.8 Å². The number of amides is 1. The largest absolute Gasteiger partial charge is 0.493 e. The van der Waals surface area contributed by atoms with Crippen LogP contribution >= 0.6 is 0 Å². The lowest BCUT2D eigenvalue weighted by Gasteiger charge is -2.09. The molecule has 1 amide bonds. The van der Waals surface area contributed by atoms with E-state index in [1.54, 1.807) is 42.5 Å². The molecule has 1 N–H and O–H groups in total. The highest BCUT2D eigenvalue weighted by Crippen LogP contribution is 2.26. The first-order valence-electron chi connectivity index (χ1n) is 7.44. The Kier molecular flexibility index (Phi) is 4.94. The molecule has 0 radical (unpaired) electrons. The number of hydrogen-bond donors (Lipinski definition) is 1. The molecule has 6 nitrogen and oxygen atoms in total. The first-order valence-corrected chi connectivity index (χ1v) is 7.44. The molecule has 0 bridgehead atoms. The second-order valence-electron chi connectivity index (χ2n) is 5.07. The Morgan fingerprint density at radius 3 is 2.60 bits per heavy atom. The van der Waals surface area contributed by atoms with Crippen molar-refractivity contribution in [1.82, 2.24) is 5.16 Å². The molecule has 0 saturated carbocycles. The minimum Gasteiger partial charge on any atom is -0.493 e. The van der Waals surface area contributed by atoms with Crippen LogP contribution in [0.25, 0.3) is 11.3 Å². The summed E-state index contributed by atoms with van der Waals surface area (Å²) in [6, 6.07) is 14.4. The fourth-order valence-electron chi connectivity index (χ4n) is 2.15. The molecule has 2 aromatic carbocycles. The summed E-state index contributed by atoms with van der Waals surface area (Å²) < 4.78 is 28.6. The molecule has 0 aliphatic carbocycles. The van der Waals surface area contributed by atoms with Crippen molar-refractivity contribution in [2.45, 2.75) is 0 Å². The van der Waals surface area contributed by atoms with E-state index in [4.69, 9.17) is 14.0 Å². The number of anilines is 1. The van der Waals surface area contributed by atoms with Crippen LogP contribution < -0.4 is 14.8 Å². The van der Waals surface area contributed by atoms with Crippen molar-refractivity contribution in [2.24, 2.45) is 0 Å². The highest BCUT2D eigenvalue weighted by molar-refractivity contribution is 5.91. The summed E-state index contributed by atoms with van der Waals surface area (Å²) >= 11 is 0. The molecule has 7 heteroatoms. The van der Waals surface area contributed by atoms with E-state index in [2.05, 4.69) is 10.5 Å². The van der Waals surface area contributed by atoms with E-state index >= 15 is 0 Å². The number of hydrogen-bond acceptors (Lipinski definition) is 5. The van der Waals surface area contributed by atoms with Gasteiger partial charge in [0.25, 0.3) is 5.91 Å². The number of rotatable bonds is 6. The summed E-state index contributed by atoms with van der Waals surface area (Å²) in [5, 5.41) is 6.39. The van der Waals surface area contributed by atoms with Gasteiger partial charge >= 0.3 is 0 Å². The quantitative estimate of drug-likeness (QED) is 0.742. The molecular weight excluding hydrogens is 327 g/mol. The Morgan fingerprint density at radius 2 is 1.88 bits per heavy atom. The lowest BCUT2D eigenvalue weighted by atomic mass is 10.1. The molecule has 0 aliphatic heterocycles. The number of methoxy groups -OCH3 is 1. The smallest absolute Gasteiger partial charge is 0.264 e. The van der Waals surface area contributed by atoms with Crippen LogP contribution in [0.4, 0.5) is 10.3 Å². The fourth-order valence-corrected chi connectivity index (χ4v) is 2.15. The van der Waals surface area contributed by atoms with Gasteiger partial charge < -0.3 is 14.0 Å². The zero-order chi connectivity index (χ0) is 17.6. The zero-order valence-corrected chi connectivity index (χ0v) is 13.4. The summed E-state index contributed by atoms with van der Waals surface area (Å²) in [5.41, 5.74) is 1.16. The fraction of sp³-hybridized carbons (Fsp3) is 0.111. The monoisotopic (exact) mass is 342 g/mol. The Hall–Kier alpha value is -3.35. The number of ether oxygens (including phenoxy) is 2.